The number of hydrogen-bond donors (Lipinski definition) is 0. The maximum atomic E-state index is 12.9. The molecule has 0 unspecified atom stereocenters. The molecule has 2 atom stereocenters. The molecule has 0 amide bonds. The number of carbonyl (C=O) groups excluding carboxylic acids is 1. The first-order valence-electron chi connectivity index (χ1n) is 8.72. The van der Waals surface area contributed by atoms with Crippen LogP contribution in [0.15, 0.2) is 66.1 Å². The molecular formula is C20H20N2O5S. The number of benzene rings is 2. The van der Waals surface area contributed by atoms with Crippen molar-refractivity contribution in [3.8, 4) is 0 Å². The normalized spacial score (nSPS) is 20.0. The van der Waals surface area contributed by atoms with Crippen molar-refractivity contribution in [3.63, 3.8) is 0 Å². The molecule has 8 heteroatoms. The van der Waals surface area contributed by atoms with Gasteiger partial charge in [-0.05, 0) is 31.2 Å². The zero-order valence-electron chi connectivity index (χ0n) is 15.3. The number of Topliss-reactive ketones (excluding diaryl/α,β-unsaturated/α-hetero) is 1. The summed E-state index contributed by atoms with van der Waals surface area (Å²) in [7, 11) is -3.72. The lowest BCUT2D eigenvalue weighted by molar-refractivity contribution is -0.384. The van der Waals surface area contributed by atoms with Gasteiger partial charge in [0.2, 0.25) is 10.0 Å². The number of aryl methyl sites for hydroxylation is 1. The molecule has 1 saturated heterocycles. The fraction of sp³-hybridized carbons (Fsp3) is 0.250. The molecule has 28 heavy (non-hydrogen) atoms. The Bertz CT molecular complexity index is 1010. The summed E-state index contributed by atoms with van der Waals surface area (Å²) in [5.74, 6) is -1.16. The van der Waals surface area contributed by atoms with Gasteiger partial charge < -0.3 is 0 Å². The molecule has 0 spiro atoms. The molecule has 1 fully saturated rings. The molecule has 146 valence electrons. The van der Waals surface area contributed by atoms with Crippen LogP contribution in [0.25, 0.3) is 0 Å². The summed E-state index contributed by atoms with van der Waals surface area (Å²) >= 11 is 0. The number of nitro benzene ring substituents is 1. The van der Waals surface area contributed by atoms with Gasteiger partial charge in [-0.2, -0.15) is 4.31 Å². The minimum absolute atomic E-state index is 0.0444. The Morgan fingerprint density at radius 1 is 1.14 bits per heavy atom. The monoisotopic (exact) mass is 400 g/mol. The van der Waals surface area contributed by atoms with Gasteiger partial charge in [0.25, 0.3) is 5.69 Å². The minimum Gasteiger partial charge on any atom is -0.294 e. The Balaban J connectivity index is 1.85. The second-order valence-corrected chi connectivity index (χ2v) is 8.75. The molecule has 3 rings (SSSR count). The number of ketones is 1. The van der Waals surface area contributed by atoms with Gasteiger partial charge in [-0.1, -0.05) is 23.8 Å². The Morgan fingerprint density at radius 2 is 1.75 bits per heavy atom. The fourth-order valence-corrected chi connectivity index (χ4v) is 4.83. The first-order valence-corrected chi connectivity index (χ1v) is 10.2. The number of hydrogen-bond acceptors (Lipinski definition) is 5. The number of nitro groups is 1. The third-order valence-corrected chi connectivity index (χ3v) is 6.84. The summed E-state index contributed by atoms with van der Waals surface area (Å²) in [6, 6.07) is 11.9. The van der Waals surface area contributed by atoms with Gasteiger partial charge in [0.15, 0.2) is 5.78 Å². The largest absolute Gasteiger partial charge is 0.294 e. The molecule has 0 N–H and O–H groups in total. The summed E-state index contributed by atoms with van der Waals surface area (Å²) in [6.07, 6.45) is 1.60. The minimum atomic E-state index is -3.72. The summed E-state index contributed by atoms with van der Waals surface area (Å²) in [5, 5.41) is 10.8. The lowest BCUT2D eigenvalue weighted by Crippen LogP contribution is -2.30. The van der Waals surface area contributed by atoms with Crippen LogP contribution in [0.5, 0.6) is 0 Å². The molecule has 0 radical (unpaired) electrons. The Kier molecular flexibility index (Phi) is 5.44. The first kappa shape index (κ1) is 19.9. The Hall–Kier alpha value is -2.84. The lowest BCUT2D eigenvalue weighted by atomic mass is 9.88. The molecule has 2 aromatic carbocycles. The zero-order chi connectivity index (χ0) is 20.5. The third kappa shape index (κ3) is 3.74. The highest BCUT2D eigenvalue weighted by Gasteiger charge is 2.41. The molecule has 1 heterocycles. The van der Waals surface area contributed by atoms with E-state index in [1.807, 2.05) is 6.92 Å². The van der Waals surface area contributed by atoms with E-state index in [0.717, 1.165) is 5.56 Å². The molecular weight excluding hydrogens is 380 g/mol. The van der Waals surface area contributed by atoms with Crippen molar-refractivity contribution in [1.82, 2.24) is 4.31 Å². The summed E-state index contributed by atoms with van der Waals surface area (Å²) < 4.78 is 27.2. The lowest BCUT2D eigenvalue weighted by Gasteiger charge is -2.16. The molecule has 7 nitrogen and oxygen atoms in total. The molecule has 0 saturated carbocycles. The van der Waals surface area contributed by atoms with Crippen molar-refractivity contribution in [2.75, 3.05) is 13.1 Å². The van der Waals surface area contributed by atoms with Crippen molar-refractivity contribution in [2.45, 2.75) is 11.8 Å². The van der Waals surface area contributed by atoms with Gasteiger partial charge in [-0.25, -0.2) is 8.42 Å². The maximum Gasteiger partial charge on any atom is 0.269 e. The van der Waals surface area contributed by atoms with Gasteiger partial charge in [0.1, 0.15) is 0 Å². The van der Waals surface area contributed by atoms with Crippen LogP contribution in [0, 0.1) is 28.9 Å². The van der Waals surface area contributed by atoms with Gasteiger partial charge >= 0.3 is 0 Å². The van der Waals surface area contributed by atoms with Crippen molar-refractivity contribution >= 4 is 21.5 Å². The molecule has 0 aliphatic carbocycles. The predicted molar refractivity (Wildman–Crippen MR) is 105 cm³/mol. The fourth-order valence-electron chi connectivity index (χ4n) is 3.32. The van der Waals surface area contributed by atoms with Crippen LogP contribution < -0.4 is 0 Å². The molecule has 1 aliphatic rings. The Morgan fingerprint density at radius 3 is 2.29 bits per heavy atom. The van der Waals surface area contributed by atoms with Crippen LogP contribution in [-0.4, -0.2) is 36.5 Å². The first-order chi connectivity index (χ1) is 13.2. The van der Waals surface area contributed by atoms with Crippen LogP contribution in [0.1, 0.15) is 15.9 Å². The van der Waals surface area contributed by atoms with Crippen molar-refractivity contribution in [2.24, 2.45) is 11.8 Å². The number of non-ortho nitro benzene ring substituents is 1. The highest BCUT2D eigenvalue weighted by atomic mass is 32.2. The third-order valence-electron chi connectivity index (χ3n) is 4.99. The van der Waals surface area contributed by atoms with Crippen molar-refractivity contribution < 1.29 is 18.1 Å². The van der Waals surface area contributed by atoms with E-state index in [9.17, 15) is 23.3 Å². The van der Waals surface area contributed by atoms with Gasteiger partial charge in [-0.15, -0.1) is 6.58 Å². The van der Waals surface area contributed by atoms with E-state index in [2.05, 4.69) is 6.58 Å². The van der Waals surface area contributed by atoms with E-state index in [1.165, 1.54) is 28.6 Å². The summed E-state index contributed by atoms with van der Waals surface area (Å²) in [4.78, 5) is 23.3. The summed E-state index contributed by atoms with van der Waals surface area (Å²) in [5.41, 5.74) is 1.17. The van der Waals surface area contributed by atoms with E-state index in [0.29, 0.717) is 5.56 Å². The maximum absolute atomic E-state index is 12.9. The van der Waals surface area contributed by atoms with Crippen LogP contribution in [-0.2, 0) is 10.0 Å². The Labute approximate surface area is 163 Å². The van der Waals surface area contributed by atoms with E-state index in [4.69, 9.17) is 0 Å². The second kappa shape index (κ2) is 7.65. The molecule has 1 aliphatic heterocycles. The van der Waals surface area contributed by atoms with Gasteiger partial charge in [0.05, 0.1) is 9.82 Å². The number of sulfonamides is 1. The molecule has 2 aromatic rings. The predicted octanol–water partition coefficient (Wildman–Crippen LogP) is 3.21. The molecule has 0 aromatic heterocycles. The highest BCUT2D eigenvalue weighted by molar-refractivity contribution is 7.89. The smallest absolute Gasteiger partial charge is 0.269 e. The topological polar surface area (TPSA) is 97.6 Å². The van der Waals surface area contributed by atoms with Crippen molar-refractivity contribution in [1.29, 1.82) is 0 Å². The van der Waals surface area contributed by atoms with E-state index < -0.39 is 20.9 Å². The number of nitrogens with zero attached hydrogens (tertiary/aromatic N) is 2. The standard InChI is InChI=1S/C20H20N2O5S/c1-3-15-12-21(28(26,27)18-10-4-14(2)5-11-18)13-19(15)20(23)16-6-8-17(9-7-16)22(24)25/h3-11,15,19H,1,12-13H2,2H3/t15-,19+/m0/s1. The van der Waals surface area contributed by atoms with Gasteiger partial charge in [0, 0.05) is 42.6 Å². The molecule has 0 bridgehead atoms. The summed E-state index contributed by atoms with van der Waals surface area (Å²) in [6.45, 7) is 5.83. The second-order valence-electron chi connectivity index (χ2n) is 6.81. The number of rotatable bonds is 6. The van der Waals surface area contributed by atoms with E-state index >= 15 is 0 Å². The van der Waals surface area contributed by atoms with Crippen LogP contribution >= 0.6 is 0 Å². The zero-order valence-corrected chi connectivity index (χ0v) is 16.1. The quantitative estimate of drug-likeness (QED) is 0.321. The van der Waals surface area contributed by atoms with Gasteiger partial charge in [-0.3, -0.25) is 14.9 Å². The van der Waals surface area contributed by atoms with Crippen LogP contribution in [0.2, 0.25) is 0 Å². The average Bonchev–Trinajstić information content (AvgIpc) is 3.13. The number of carbonyl (C=O) groups is 1. The average molecular weight is 400 g/mol. The van der Waals surface area contributed by atoms with Crippen molar-refractivity contribution in [3.05, 3.63) is 82.4 Å². The van der Waals surface area contributed by atoms with E-state index in [1.54, 1.807) is 30.3 Å². The van der Waals surface area contributed by atoms with Crippen LogP contribution in [0.4, 0.5) is 5.69 Å². The van der Waals surface area contributed by atoms with E-state index in [-0.39, 0.29) is 35.4 Å². The highest BCUT2D eigenvalue weighted by Crippen LogP contribution is 2.32. The van der Waals surface area contributed by atoms with Crippen LogP contribution in [0.3, 0.4) is 0 Å². The SMILES string of the molecule is C=C[C@H]1CN(S(=O)(=O)c2ccc(C)cc2)C[C@H]1C(=O)c1ccc([N+](=O)[O-])cc1.